The van der Waals surface area contributed by atoms with E-state index >= 15 is 0 Å². The van der Waals surface area contributed by atoms with Crippen molar-refractivity contribution >= 4 is 5.97 Å². The SMILES string of the molecule is COC(=O)[C@]12C[C@@H](N)C[C@H]1C2. The predicted octanol–water partition coefficient (Wildman–Crippen LogP) is 0.287. The van der Waals surface area contributed by atoms with Crippen LogP contribution in [0.4, 0.5) is 0 Å². The zero-order chi connectivity index (χ0) is 8.06. The second-order valence-corrected chi connectivity index (χ2v) is 3.75. The number of methoxy groups -OCH3 is 1. The predicted molar refractivity (Wildman–Crippen MR) is 39.8 cm³/mol. The molecule has 0 radical (unpaired) electrons. The van der Waals surface area contributed by atoms with Gasteiger partial charge in [-0.1, -0.05) is 0 Å². The minimum atomic E-state index is -0.145. The Morgan fingerprint density at radius 1 is 1.64 bits per heavy atom. The molecule has 2 fully saturated rings. The highest BCUT2D eigenvalue weighted by Crippen LogP contribution is 2.63. The first kappa shape index (κ1) is 7.10. The number of hydrogen-bond acceptors (Lipinski definition) is 3. The molecule has 0 aromatic heterocycles. The Labute approximate surface area is 65.9 Å². The van der Waals surface area contributed by atoms with E-state index < -0.39 is 0 Å². The summed E-state index contributed by atoms with van der Waals surface area (Å²) in [6.45, 7) is 0. The standard InChI is InChI=1S/C8H13NO2/c1-11-7(10)8-3-5(8)2-6(9)4-8/h5-6H,2-4,9H2,1H3/t5-,6-,8+/m0/s1. The molecule has 0 bridgehead atoms. The van der Waals surface area contributed by atoms with Crippen molar-refractivity contribution in [1.29, 1.82) is 0 Å². The topological polar surface area (TPSA) is 52.3 Å². The molecule has 62 valence electrons. The maximum Gasteiger partial charge on any atom is 0.312 e. The molecule has 0 aromatic rings. The molecular weight excluding hydrogens is 142 g/mol. The van der Waals surface area contributed by atoms with E-state index in [2.05, 4.69) is 0 Å². The Hall–Kier alpha value is -0.570. The lowest BCUT2D eigenvalue weighted by Gasteiger charge is -2.10. The monoisotopic (exact) mass is 155 g/mol. The van der Waals surface area contributed by atoms with Gasteiger partial charge in [-0.3, -0.25) is 4.79 Å². The van der Waals surface area contributed by atoms with Crippen LogP contribution in [0.25, 0.3) is 0 Å². The van der Waals surface area contributed by atoms with Gasteiger partial charge in [-0.05, 0) is 25.2 Å². The number of rotatable bonds is 1. The summed E-state index contributed by atoms with van der Waals surface area (Å²) in [4.78, 5) is 11.2. The summed E-state index contributed by atoms with van der Waals surface area (Å²) in [7, 11) is 1.45. The van der Waals surface area contributed by atoms with Gasteiger partial charge in [0, 0.05) is 6.04 Å². The molecule has 11 heavy (non-hydrogen) atoms. The molecule has 3 heteroatoms. The van der Waals surface area contributed by atoms with E-state index in [-0.39, 0.29) is 17.4 Å². The highest BCUT2D eigenvalue weighted by atomic mass is 16.5. The van der Waals surface area contributed by atoms with Gasteiger partial charge in [-0.15, -0.1) is 0 Å². The van der Waals surface area contributed by atoms with Crippen LogP contribution in [-0.2, 0) is 9.53 Å². The maximum absolute atomic E-state index is 11.2. The highest BCUT2D eigenvalue weighted by Gasteiger charge is 2.65. The van der Waals surface area contributed by atoms with Gasteiger partial charge in [-0.25, -0.2) is 0 Å². The van der Waals surface area contributed by atoms with E-state index in [1.807, 2.05) is 0 Å². The summed E-state index contributed by atoms with van der Waals surface area (Å²) in [6, 6.07) is 0.229. The van der Waals surface area contributed by atoms with Gasteiger partial charge in [0.2, 0.25) is 0 Å². The van der Waals surface area contributed by atoms with Crippen LogP contribution >= 0.6 is 0 Å². The van der Waals surface area contributed by atoms with Crippen molar-refractivity contribution in [3.05, 3.63) is 0 Å². The summed E-state index contributed by atoms with van der Waals surface area (Å²) < 4.78 is 4.73. The van der Waals surface area contributed by atoms with Crippen LogP contribution < -0.4 is 5.73 Å². The number of esters is 1. The number of carbonyl (C=O) groups is 1. The molecule has 2 aliphatic carbocycles. The van der Waals surface area contributed by atoms with Crippen molar-refractivity contribution in [2.75, 3.05) is 7.11 Å². The average molecular weight is 155 g/mol. The van der Waals surface area contributed by atoms with Gasteiger partial charge in [0.1, 0.15) is 0 Å². The number of nitrogens with two attached hydrogens (primary N) is 1. The molecule has 2 rings (SSSR count). The first-order valence-electron chi connectivity index (χ1n) is 4.03. The lowest BCUT2D eigenvalue weighted by molar-refractivity contribution is -0.147. The van der Waals surface area contributed by atoms with Crippen molar-refractivity contribution in [3.8, 4) is 0 Å². The molecule has 0 aliphatic heterocycles. The van der Waals surface area contributed by atoms with Crippen molar-refractivity contribution in [1.82, 2.24) is 0 Å². The Kier molecular flexibility index (Phi) is 1.27. The molecule has 0 saturated heterocycles. The Bertz CT molecular complexity index is 204. The summed E-state index contributed by atoms with van der Waals surface area (Å²) in [6.07, 6.45) is 2.85. The second kappa shape index (κ2) is 1.97. The molecule has 0 spiro atoms. The Balaban J connectivity index is 2.10. The summed E-state index contributed by atoms with van der Waals surface area (Å²) in [5, 5.41) is 0. The molecule has 3 nitrogen and oxygen atoms in total. The van der Waals surface area contributed by atoms with Crippen molar-refractivity contribution < 1.29 is 9.53 Å². The molecule has 3 atom stereocenters. The van der Waals surface area contributed by atoms with E-state index in [1.165, 1.54) is 7.11 Å². The first-order valence-corrected chi connectivity index (χ1v) is 4.03. The molecule has 0 aromatic carbocycles. The lowest BCUT2D eigenvalue weighted by Crippen LogP contribution is -2.23. The third-order valence-corrected chi connectivity index (χ3v) is 3.04. The van der Waals surface area contributed by atoms with Gasteiger partial charge in [-0.2, -0.15) is 0 Å². The van der Waals surface area contributed by atoms with Crippen LogP contribution in [0.5, 0.6) is 0 Å². The summed E-state index contributed by atoms with van der Waals surface area (Å²) in [5.41, 5.74) is 5.58. The van der Waals surface area contributed by atoms with Crippen molar-refractivity contribution in [3.63, 3.8) is 0 Å². The normalized spacial score (nSPS) is 46.7. The van der Waals surface area contributed by atoms with E-state index in [9.17, 15) is 4.79 Å². The third kappa shape index (κ3) is 0.805. The van der Waals surface area contributed by atoms with Gasteiger partial charge in [0.15, 0.2) is 0 Å². The van der Waals surface area contributed by atoms with Gasteiger partial charge in [0.25, 0.3) is 0 Å². The molecule has 0 heterocycles. The van der Waals surface area contributed by atoms with E-state index in [1.54, 1.807) is 0 Å². The van der Waals surface area contributed by atoms with Gasteiger partial charge < -0.3 is 10.5 Å². The zero-order valence-corrected chi connectivity index (χ0v) is 6.67. The number of ether oxygens (including phenoxy) is 1. The molecule has 2 N–H and O–H groups in total. The molecule has 2 saturated carbocycles. The van der Waals surface area contributed by atoms with E-state index in [0.717, 1.165) is 19.3 Å². The Morgan fingerprint density at radius 3 is 2.82 bits per heavy atom. The second-order valence-electron chi connectivity index (χ2n) is 3.75. The molecule has 0 unspecified atom stereocenters. The van der Waals surface area contributed by atoms with Crippen LogP contribution in [0.1, 0.15) is 19.3 Å². The zero-order valence-electron chi connectivity index (χ0n) is 6.67. The molecule has 0 amide bonds. The fourth-order valence-corrected chi connectivity index (χ4v) is 2.39. The largest absolute Gasteiger partial charge is 0.469 e. The van der Waals surface area contributed by atoms with Crippen LogP contribution in [-0.4, -0.2) is 19.1 Å². The van der Waals surface area contributed by atoms with E-state index in [0.29, 0.717) is 5.92 Å². The summed E-state index contributed by atoms with van der Waals surface area (Å²) >= 11 is 0. The summed E-state index contributed by atoms with van der Waals surface area (Å²) in [5.74, 6) is 0.486. The van der Waals surface area contributed by atoms with Gasteiger partial charge in [0.05, 0.1) is 12.5 Å². The third-order valence-electron chi connectivity index (χ3n) is 3.04. The fourth-order valence-electron chi connectivity index (χ4n) is 2.39. The van der Waals surface area contributed by atoms with E-state index in [4.69, 9.17) is 10.5 Å². The molecular formula is C8H13NO2. The quantitative estimate of drug-likeness (QED) is 0.553. The van der Waals surface area contributed by atoms with Gasteiger partial charge >= 0.3 is 5.97 Å². The van der Waals surface area contributed by atoms with Crippen molar-refractivity contribution in [2.24, 2.45) is 17.1 Å². The fraction of sp³-hybridized carbons (Fsp3) is 0.875. The number of hydrogen-bond donors (Lipinski definition) is 1. The van der Waals surface area contributed by atoms with Crippen LogP contribution in [0.2, 0.25) is 0 Å². The van der Waals surface area contributed by atoms with Crippen molar-refractivity contribution in [2.45, 2.75) is 25.3 Å². The minimum Gasteiger partial charge on any atom is -0.469 e. The number of carbonyl (C=O) groups excluding carboxylic acids is 1. The highest BCUT2D eigenvalue weighted by molar-refractivity contribution is 5.81. The lowest BCUT2D eigenvalue weighted by atomic mass is 10.0. The Morgan fingerprint density at radius 2 is 2.36 bits per heavy atom. The van der Waals surface area contributed by atoms with Crippen LogP contribution in [0, 0.1) is 11.3 Å². The smallest absolute Gasteiger partial charge is 0.312 e. The molecule has 2 aliphatic rings. The van der Waals surface area contributed by atoms with Crippen LogP contribution in [0.15, 0.2) is 0 Å². The van der Waals surface area contributed by atoms with Crippen LogP contribution in [0.3, 0.4) is 0 Å². The number of fused-ring (bicyclic) bond motifs is 1. The average Bonchev–Trinajstić information content (AvgIpc) is 2.55. The minimum absolute atomic E-state index is 0.0459. The maximum atomic E-state index is 11.2. The first-order chi connectivity index (χ1) is 5.19.